The van der Waals surface area contributed by atoms with E-state index in [0.29, 0.717) is 11.4 Å². The molecule has 0 saturated heterocycles. The van der Waals surface area contributed by atoms with Crippen molar-refractivity contribution in [1.29, 1.82) is 0 Å². The van der Waals surface area contributed by atoms with Crippen LogP contribution in [0.4, 0.5) is 0 Å². The van der Waals surface area contributed by atoms with E-state index in [1.54, 1.807) is 12.3 Å². The summed E-state index contributed by atoms with van der Waals surface area (Å²) in [7, 11) is 1.38. The zero-order valence-electron chi connectivity index (χ0n) is 13.6. The molecule has 0 N–H and O–H groups in total. The third-order valence-electron chi connectivity index (χ3n) is 4.09. The number of carbonyl (C=O) groups is 1. The molecule has 0 aliphatic heterocycles. The minimum atomic E-state index is -0.353. The summed E-state index contributed by atoms with van der Waals surface area (Å²) >= 11 is 0. The molecule has 4 aromatic rings. The van der Waals surface area contributed by atoms with Crippen LogP contribution in [0, 0.1) is 0 Å². The first-order valence-electron chi connectivity index (χ1n) is 7.89. The van der Waals surface area contributed by atoms with Gasteiger partial charge in [-0.1, -0.05) is 36.4 Å². The smallest absolute Gasteiger partial charge is 0.337 e. The van der Waals surface area contributed by atoms with Crippen LogP contribution in [0.25, 0.3) is 21.5 Å². The summed E-state index contributed by atoms with van der Waals surface area (Å²) < 4.78 is 10.8. The maximum absolute atomic E-state index is 11.8. The summed E-state index contributed by atoms with van der Waals surface area (Å²) in [6.45, 7) is 0. The highest BCUT2D eigenvalue weighted by Crippen LogP contribution is 2.34. The van der Waals surface area contributed by atoms with Crippen molar-refractivity contribution in [3.63, 3.8) is 0 Å². The van der Waals surface area contributed by atoms with Gasteiger partial charge in [-0.3, -0.25) is 0 Å². The third kappa shape index (κ3) is 2.78. The number of benzene rings is 3. The van der Waals surface area contributed by atoms with Gasteiger partial charge in [0.1, 0.15) is 5.75 Å². The number of hydrogen-bond acceptors (Lipinski definition) is 4. The van der Waals surface area contributed by atoms with E-state index in [9.17, 15) is 4.79 Å². The van der Waals surface area contributed by atoms with Gasteiger partial charge in [0.05, 0.1) is 18.1 Å². The Morgan fingerprint density at radius 1 is 0.920 bits per heavy atom. The lowest BCUT2D eigenvalue weighted by molar-refractivity contribution is 0.0601. The maximum Gasteiger partial charge on any atom is 0.337 e. The number of fused-ring (bicyclic) bond motifs is 3. The number of nitrogens with zero attached hydrogens (tertiary/aromatic N) is 1. The number of ether oxygens (including phenoxy) is 2. The zero-order valence-corrected chi connectivity index (χ0v) is 13.6. The molecule has 0 radical (unpaired) electrons. The fraction of sp³-hybridized carbons (Fsp3) is 0.0476. The van der Waals surface area contributed by atoms with E-state index < -0.39 is 0 Å². The minimum absolute atomic E-state index is 0.353. The van der Waals surface area contributed by atoms with E-state index >= 15 is 0 Å². The lowest BCUT2D eigenvalue weighted by Gasteiger charge is -2.11. The van der Waals surface area contributed by atoms with E-state index in [1.165, 1.54) is 7.11 Å². The Kier molecular flexibility index (Phi) is 3.78. The average Bonchev–Trinajstić information content (AvgIpc) is 2.67. The van der Waals surface area contributed by atoms with Gasteiger partial charge >= 0.3 is 5.97 Å². The Labute approximate surface area is 144 Å². The van der Waals surface area contributed by atoms with Crippen LogP contribution in [0.3, 0.4) is 0 Å². The van der Waals surface area contributed by atoms with Crippen LogP contribution in [0.5, 0.6) is 11.6 Å². The van der Waals surface area contributed by atoms with Crippen molar-refractivity contribution in [3.05, 3.63) is 78.5 Å². The fourth-order valence-electron chi connectivity index (χ4n) is 2.90. The summed E-state index contributed by atoms with van der Waals surface area (Å²) in [5.41, 5.74) is 0.517. The molecular weight excluding hydrogens is 314 g/mol. The highest BCUT2D eigenvalue weighted by molar-refractivity contribution is 6.11. The highest BCUT2D eigenvalue weighted by Gasteiger charge is 2.12. The molecule has 1 heterocycles. The SMILES string of the molecule is COC(=O)c1ccc2c(ccc3ccnc(Oc4ccccc4)c32)c1. The molecule has 0 atom stereocenters. The number of rotatable bonds is 3. The number of methoxy groups -OCH3 is 1. The van der Waals surface area contributed by atoms with Crippen molar-refractivity contribution in [1.82, 2.24) is 4.98 Å². The molecule has 0 saturated carbocycles. The fourth-order valence-corrected chi connectivity index (χ4v) is 2.90. The number of aromatic nitrogens is 1. The minimum Gasteiger partial charge on any atom is -0.465 e. The second kappa shape index (κ2) is 6.24. The molecule has 25 heavy (non-hydrogen) atoms. The lowest BCUT2D eigenvalue weighted by Crippen LogP contribution is -2.00. The molecule has 4 rings (SSSR count). The predicted molar refractivity (Wildman–Crippen MR) is 97.1 cm³/mol. The molecule has 0 aliphatic rings. The van der Waals surface area contributed by atoms with E-state index in [0.717, 1.165) is 27.3 Å². The number of hydrogen-bond donors (Lipinski definition) is 0. The van der Waals surface area contributed by atoms with Crippen molar-refractivity contribution >= 4 is 27.5 Å². The molecule has 0 spiro atoms. The molecular formula is C21H15NO3. The average molecular weight is 329 g/mol. The van der Waals surface area contributed by atoms with Gasteiger partial charge in [0.25, 0.3) is 0 Å². The molecule has 0 bridgehead atoms. The van der Waals surface area contributed by atoms with Crippen molar-refractivity contribution in [2.75, 3.05) is 7.11 Å². The quantitative estimate of drug-likeness (QED) is 0.393. The van der Waals surface area contributed by atoms with Gasteiger partial charge in [0.15, 0.2) is 0 Å². The van der Waals surface area contributed by atoms with Crippen molar-refractivity contribution in [2.45, 2.75) is 0 Å². The Bertz CT molecular complexity index is 1070. The first-order chi connectivity index (χ1) is 12.3. The number of pyridine rings is 1. The molecule has 3 aromatic carbocycles. The monoisotopic (exact) mass is 329 g/mol. The van der Waals surface area contributed by atoms with E-state index in [-0.39, 0.29) is 5.97 Å². The van der Waals surface area contributed by atoms with Crippen LogP contribution >= 0.6 is 0 Å². The van der Waals surface area contributed by atoms with Crippen molar-refractivity contribution < 1.29 is 14.3 Å². The van der Waals surface area contributed by atoms with E-state index in [2.05, 4.69) is 4.98 Å². The molecule has 0 aliphatic carbocycles. The lowest BCUT2D eigenvalue weighted by atomic mass is 10.0. The summed E-state index contributed by atoms with van der Waals surface area (Å²) in [6, 6.07) is 21.0. The number of esters is 1. The van der Waals surface area contributed by atoms with Crippen LogP contribution < -0.4 is 4.74 Å². The second-order valence-electron chi connectivity index (χ2n) is 5.62. The summed E-state index contributed by atoms with van der Waals surface area (Å²) in [5, 5.41) is 3.85. The summed E-state index contributed by atoms with van der Waals surface area (Å²) in [6.07, 6.45) is 1.73. The van der Waals surface area contributed by atoms with Crippen LogP contribution in [0.1, 0.15) is 10.4 Å². The summed E-state index contributed by atoms with van der Waals surface area (Å²) in [5.74, 6) is 0.916. The van der Waals surface area contributed by atoms with Crippen molar-refractivity contribution in [3.8, 4) is 11.6 Å². The first kappa shape index (κ1) is 15.1. The van der Waals surface area contributed by atoms with Gasteiger partial charge < -0.3 is 9.47 Å². The first-order valence-corrected chi connectivity index (χ1v) is 7.89. The number of para-hydroxylation sites is 1. The number of carbonyl (C=O) groups excluding carboxylic acids is 1. The van der Waals surface area contributed by atoms with Crippen LogP contribution in [0.15, 0.2) is 72.9 Å². The summed E-state index contributed by atoms with van der Waals surface area (Å²) in [4.78, 5) is 16.2. The third-order valence-corrected chi connectivity index (χ3v) is 4.09. The van der Waals surface area contributed by atoms with E-state index in [1.807, 2.05) is 60.7 Å². The topological polar surface area (TPSA) is 48.4 Å². The van der Waals surface area contributed by atoms with Gasteiger partial charge in [0.2, 0.25) is 5.88 Å². The molecule has 0 amide bonds. The Morgan fingerprint density at radius 2 is 1.72 bits per heavy atom. The normalized spacial score (nSPS) is 10.8. The van der Waals surface area contributed by atoms with Crippen LogP contribution in [-0.2, 0) is 4.74 Å². The van der Waals surface area contributed by atoms with Crippen LogP contribution in [0.2, 0.25) is 0 Å². The second-order valence-corrected chi connectivity index (χ2v) is 5.62. The predicted octanol–water partition coefficient (Wildman–Crippen LogP) is 4.97. The molecule has 1 aromatic heterocycles. The standard InChI is InChI=1S/C21H15NO3/c1-24-21(23)16-9-10-18-15(13-16)8-7-14-11-12-22-20(19(14)18)25-17-5-3-2-4-6-17/h2-13H,1H3. The molecule has 4 nitrogen and oxygen atoms in total. The van der Waals surface area contributed by atoms with Gasteiger partial charge in [-0.15, -0.1) is 0 Å². The maximum atomic E-state index is 11.8. The van der Waals surface area contributed by atoms with Gasteiger partial charge in [0, 0.05) is 6.20 Å². The molecule has 4 heteroatoms. The van der Waals surface area contributed by atoms with Crippen molar-refractivity contribution in [2.24, 2.45) is 0 Å². The molecule has 0 fully saturated rings. The molecule has 122 valence electrons. The van der Waals surface area contributed by atoms with E-state index in [4.69, 9.17) is 9.47 Å². The Morgan fingerprint density at radius 3 is 2.52 bits per heavy atom. The largest absolute Gasteiger partial charge is 0.465 e. The van der Waals surface area contributed by atoms with Gasteiger partial charge in [-0.25, -0.2) is 9.78 Å². The van der Waals surface area contributed by atoms with Crippen LogP contribution in [-0.4, -0.2) is 18.1 Å². The van der Waals surface area contributed by atoms with Gasteiger partial charge in [-0.05, 0) is 46.5 Å². The Balaban J connectivity index is 1.91. The highest BCUT2D eigenvalue weighted by atomic mass is 16.5. The Hall–Kier alpha value is -3.40. The van der Waals surface area contributed by atoms with Gasteiger partial charge in [-0.2, -0.15) is 0 Å². The zero-order chi connectivity index (χ0) is 17.2. The molecule has 0 unspecified atom stereocenters.